The van der Waals surface area contributed by atoms with Gasteiger partial charge >= 0.3 is 5.97 Å². The molecule has 4 nitrogen and oxygen atoms in total. The van der Waals surface area contributed by atoms with Gasteiger partial charge in [-0.25, -0.2) is 4.79 Å². The zero-order chi connectivity index (χ0) is 14.5. The highest BCUT2D eigenvalue weighted by molar-refractivity contribution is 6.34. The van der Waals surface area contributed by atoms with Crippen LogP contribution in [0.5, 0.6) is 5.75 Å². The number of ketones is 1. The molecular formula is C16H12O4. The molecule has 2 aromatic rings. The lowest BCUT2D eigenvalue weighted by molar-refractivity contribution is -0.104. The monoisotopic (exact) mass is 268 g/mol. The Morgan fingerprint density at radius 1 is 1.00 bits per heavy atom. The van der Waals surface area contributed by atoms with E-state index in [0.717, 1.165) is 5.56 Å². The van der Waals surface area contributed by atoms with Crippen molar-refractivity contribution in [2.45, 2.75) is 6.92 Å². The normalized spacial score (nSPS) is 9.85. The highest BCUT2D eigenvalue weighted by Crippen LogP contribution is 2.19. The molecule has 0 aliphatic rings. The summed E-state index contributed by atoms with van der Waals surface area (Å²) in [5.74, 6) is -1.22. The van der Waals surface area contributed by atoms with Gasteiger partial charge < -0.3 is 4.74 Å². The van der Waals surface area contributed by atoms with Gasteiger partial charge in [0.2, 0.25) is 5.78 Å². The van der Waals surface area contributed by atoms with E-state index in [0.29, 0.717) is 5.56 Å². The summed E-state index contributed by atoms with van der Waals surface area (Å²) in [5, 5.41) is 0. The molecule has 0 aromatic heterocycles. The smallest absolute Gasteiger partial charge is 0.343 e. The fourth-order valence-electron chi connectivity index (χ4n) is 1.67. The zero-order valence-corrected chi connectivity index (χ0v) is 10.8. The first-order chi connectivity index (χ1) is 9.61. The summed E-state index contributed by atoms with van der Waals surface area (Å²) in [6.07, 6.45) is 0.193. The van der Waals surface area contributed by atoms with E-state index in [2.05, 4.69) is 0 Å². The van der Waals surface area contributed by atoms with Crippen molar-refractivity contribution in [2.24, 2.45) is 0 Å². The standard InChI is InChI=1S/C16H12O4/c1-11-6-8-12(9-7-11)16(19)20-15-5-3-2-4-13(15)14(18)10-17/h2-10H,1H3. The summed E-state index contributed by atoms with van der Waals surface area (Å²) in [4.78, 5) is 34.0. The predicted molar refractivity (Wildman–Crippen MR) is 73.0 cm³/mol. The topological polar surface area (TPSA) is 60.4 Å². The number of carbonyl (C=O) groups is 3. The van der Waals surface area contributed by atoms with Gasteiger partial charge in [0.15, 0.2) is 6.29 Å². The van der Waals surface area contributed by atoms with Gasteiger partial charge in [-0.1, -0.05) is 29.8 Å². The Balaban J connectivity index is 2.26. The summed E-state index contributed by atoms with van der Waals surface area (Å²) in [6, 6.07) is 13.0. The highest BCUT2D eigenvalue weighted by atomic mass is 16.5. The first-order valence-electron chi connectivity index (χ1n) is 5.99. The number of carbonyl (C=O) groups excluding carboxylic acids is 3. The van der Waals surface area contributed by atoms with E-state index in [-0.39, 0.29) is 17.6 Å². The molecule has 2 rings (SSSR count). The third-order valence-corrected chi connectivity index (χ3v) is 2.75. The number of aldehydes is 1. The fraction of sp³-hybridized carbons (Fsp3) is 0.0625. The van der Waals surface area contributed by atoms with Gasteiger partial charge in [0.25, 0.3) is 0 Å². The van der Waals surface area contributed by atoms with Crippen LogP contribution in [0.25, 0.3) is 0 Å². The Labute approximate surface area is 116 Å². The first kappa shape index (κ1) is 13.7. The number of hydrogen-bond acceptors (Lipinski definition) is 4. The Hall–Kier alpha value is -2.75. The summed E-state index contributed by atoms with van der Waals surface area (Å²) in [5.41, 5.74) is 1.48. The number of esters is 1. The van der Waals surface area contributed by atoms with Gasteiger partial charge in [-0.05, 0) is 31.2 Å². The average Bonchev–Trinajstić information content (AvgIpc) is 2.47. The second-order valence-electron chi connectivity index (χ2n) is 4.23. The van der Waals surface area contributed by atoms with E-state index in [9.17, 15) is 14.4 Å². The molecule has 0 saturated heterocycles. The molecule has 0 bridgehead atoms. The minimum absolute atomic E-state index is 0.0722. The molecule has 0 aliphatic heterocycles. The molecule has 2 aromatic carbocycles. The van der Waals surface area contributed by atoms with E-state index in [1.165, 1.54) is 12.1 Å². The van der Waals surface area contributed by atoms with Crippen LogP contribution < -0.4 is 4.74 Å². The second-order valence-corrected chi connectivity index (χ2v) is 4.23. The molecule has 0 aliphatic carbocycles. The predicted octanol–water partition coefficient (Wildman–Crippen LogP) is 2.60. The van der Waals surface area contributed by atoms with Gasteiger partial charge in [0, 0.05) is 0 Å². The average molecular weight is 268 g/mol. The molecular weight excluding hydrogens is 256 g/mol. The van der Waals surface area contributed by atoms with Crippen LogP contribution in [0.1, 0.15) is 26.3 Å². The fourth-order valence-corrected chi connectivity index (χ4v) is 1.67. The molecule has 20 heavy (non-hydrogen) atoms. The molecule has 0 atom stereocenters. The molecule has 0 saturated carbocycles. The molecule has 0 spiro atoms. The lowest BCUT2D eigenvalue weighted by atomic mass is 10.1. The molecule has 0 amide bonds. The van der Waals surface area contributed by atoms with Crippen molar-refractivity contribution in [3.05, 3.63) is 65.2 Å². The molecule has 0 unspecified atom stereocenters. The number of para-hydroxylation sites is 1. The number of rotatable bonds is 4. The molecule has 0 radical (unpaired) electrons. The molecule has 0 heterocycles. The Morgan fingerprint density at radius 3 is 2.30 bits per heavy atom. The maximum Gasteiger partial charge on any atom is 0.343 e. The van der Waals surface area contributed by atoms with Crippen LogP contribution in [-0.2, 0) is 4.79 Å². The van der Waals surface area contributed by atoms with E-state index in [1.807, 2.05) is 6.92 Å². The lowest BCUT2D eigenvalue weighted by Gasteiger charge is -2.07. The first-order valence-corrected chi connectivity index (χ1v) is 5.99. The maximum atomic E-state index is 12.0. The summed E-state index contributed by atoms with van der Waals surface area (Å²) in [7, 11) is 0. The Morgan fingerprint density at radius 2 is 1.65 bits per heavy atom. The van der Waals surface area contributed by atoms with Crippen LogP contribution >= 0.6 is 0 Å². The van der Waals surface area contributed by atoms with E-state index < -0.39 is 11.8 Å². The van der Waals surface area contributed by atoms with Gasteiger partial charge in [0.1, 0.15) is 5.75 Å². The van der Waals surface area contributed by atoms with Crippen molar-refractivity contribution < 1.29 is 19.1 Å². The molecule has 100 valence electrons. The van der Waals surface area contributed by atoms with Crippen molar-refractivity contribution in [3.8, 4) is 5.75 Å². The summed E-state index contributed by atoms with van der Waals surface area (Å²) in [6.45, 7) is 1.91. The van der Waals surface area contributed by atoms with Crippen LogP contribution in [0.15, 0.2) is 48.5 Å². The number of benzene rings is 2. The Bertz CT molecular complexity index is 656. The minimum atomic E-state index is -0.725. The highest BCUT2D eigenvalue weighted by Gasteiger charge is 2.15. The third-order valence-electron chi connectivity index (χ3n) is 2.75. The van der Waals surface area contributed by atoms with Crippen molar-refractivity contribution in [2.75, 3.05) is 0 Å². The van der Waals surface area contributed by atoms with E-state index >= 15 is 0 Å². The van der Waals surface area contributed by atoms with Gasteiger partial charge in [-0.2, -0.15) is 0 Å². The zero-order valence-electron chi connectivity index (χ0n) is 10.8. The van der Waals surface area contributed by atoms with Gasteiger partial charge in [0.05, 0.1) is 11.1 Å². The van der Waals surface area contributed by atoms with Crippen molar-refractivity contribution in [3.63, 3.8) is 0 Å². The van der Waals surface area contributed by atoms with E-state index in [4.69, 9.17) is 4.74 Å². The van der Waals surface area contributed by atoms with Crippen LogP contribution in [0, 0.1) is 6.92 Å². The quantitative estimate of drug-likeness (QED) is 0.281. The summed E-state index contributed by atoms with van der Waals surface area (Å²) >= 11 is 0. The number of hydrogen-bond donors (Lipinski definition) is 0. The third kappa shape index (κ3) is 2.98. The summed E-state index contributed by atoms with van der Waals surface area (Å²) < 4.78 is 5.18. The van der Waals surface area contributed by atoms with Crippen LogP contribution in [-0.4, -0.2) is 18.0 Å². The largest absolute Gasteiger partial charge is 0.422 e. The minimum Gasteiger partial charge on any atom is -0.422 e. The van der Waals surface area contributed by atoms with Crippen molar-refractivity contribution >= 4 is 18.0 Å². The van der Waals surface area contributed by atoms with Crippen molar-refractivity contribution in [1.29, 1.82) is 0 Å². The SMILES string of the molecule is Cc1ccc(C(=O)Oc2ccccc2C(=O)C=O)cc1. The number of aryl methyl sites for hydroxylation is 1. The second kappa shape index (κ2) is 5.93. The van der Waals surface area contributed by atoms with Gasteiger partial charge in [-0.15, -0.1) is 0 Å². The molecule has 0 fully saturated rings. The van der Waals surface area contributed by atoms with Crippen LogP contribution in [0.2, 0.25) is 0 Å². The van der Waals surface area contributed by atoms with Gasteiger partial charge in [-0.3, -0.25) is 9.59 Å². The number of Topliss-reactive ketones (excluding diaryl/α,β-unsaturated/α-hetero) is 1. The number of ether oxygens (including phenoxy) is 1. The van der Waals surface area contributed by atoms with Crippen LogP contribution in [0.3, 0.4) is 0 Å². The van der Waals surface area contributed by atoms with Crippen LogP contribution in [0.4, 0.5) is 0 Å². The van der Waals surface area contributed by atoms with Crippen molar-refractivity contribution in [1.82, 2.24) is 0 Å². The Kier molecular flexibility index (Phi) is 4.05. The maximum absolute atomic E-state index is 12.0. The lowest BCUT2D eigenvalue weighted by Crippen LogP contribution is -2.12. The molecule has 4 heteroatoms. The van der Waals surface area contributed by atoms with E-state index in [1.54, 1.807) is 36.4 Å². The molecule has 0 N–H and O–H groups in total.